The number of piperazine rings is 1. The molecule has 6 heteroatoms. The molecule has 0 saturated carbocycles. The van der Waals surface area contributed by atoms with E-state index in [1.165, 1.54) is 0 Å². The van der Waals surface area contributed by atoms with Crippen molar-refractivity contribution < 1.29 is 13.6 Å². The number of rotatable bonds is 4. The number of benzene rings is 2. The van der Waals surface area contributed by atoms with Crippen LogP contribution in [0, 0.1) is 11.6 Å². The summed E-state index contributed by atoms with van der Waals surface area (Å²) in [5.74, 6) is -1.08. The fourth-order valence-corrected chi connectivity index (χ4v) is 3.41. The molecule has 1 saturated heterocycles. The first-order valence-electron chi connectivity index (χ1n) is 8.25. The van der Waals surface area contributed by atoms with Crippen LogP contribution in [-0.2, 0) is 11.2 Å². The van der Waals surface area contributed by atoms with Gasteiger partial charge in [-0.1, -0.05) is 29.8 Å². The van der Waals surface area contributed by atoms with Gasteiger partial charge in [0.15, 0.2) is 0 Å². The summed E-state index contributed by atoms with van der Waals surface area (Å²) < 4.78 is 27.0. The summed E-state index contributed by atoms with van der Waals surface area (Å²) in [5, 5.41) is 3.89. The molecule has 0 aromatic heterocycles. The zero-order valence-corrected chi connectivity index (χ0v) is 14.4. The van der Waals surface area contributed by atoms with Crippen molar-refractivity contribution in [1.82, 2.24) is 10.2 Å². The van der Waals surface area contributed by atoms with Gasteiger partial charge in [0.05, 0.1) is 6.04 Å². The Labute approximate surface area is 150 Å². The smallest absolute Gasteiger partial charge is 0.223 e. The number of hydrogen-bond donors (Lipinski definition) is 1. The van der Waals surface area contributed by atoms with E-state index in [1.807, 2.05) is 18.2 Å². The van der Waals surface area contributed by atoms with Gasteiger partial charge in [0.1, 0.15) is 11.6 Å². The van der Waals surface area contributed by atoms with Crippen molar-refractivity contribution in [2.75, 3.05) is 19.6 Å². The fraction of sp³-hybridized carbons (Fsp3) is 0.316. The average molecular weight is 365 g/mol. The molecular weight excluding hydrogens is 346 g/mol. The molecule has 0 aliphatic carbocycles. The minimum atomic E-state index is -0.500. The number of amides is 1. The van der Waals surface area contributed by atoms with Crippen LogP contribution in [0.25, 0.3) is 0 Å². The van der Waals surface area contributed by atoms with Crippen LogP contribution >= 0.6 is 11.6 Å². The summed E-state index contributed by atoms with van der Waals surface area (Å²) in [5.41, 5.74) is 1.11. The highest BCUT2D eigenvalue weighted by molar-refractivity contribution is 6.31. The van der Waals surface area contributed by atoms with Crippen LogP contribution in [0.4, 0.5) is 8.78 Å². The molecule has 2 aromatic rings. The summed E-state index contributed by atoms with van der Waals surface area (Å²) in [7, 11) is 0. The summed E-state index contributed by atoms with van der Waals surface area (Å²) in [6.45, 7) is 1.87. The molecule has 1 N–H and O–H groups in total. The number of nitrogens with zero attached hydrogens (tertiary/aromatic N) is 1. The van der Waals surface area contributed by atoms with E-state index in [4.69, 9.17) is 11.6 Å². The molecule has 25 heavy (non-hydrogen) atoms. The Kier molecular flexibility index (Phi) is 5.66. The Balaban J connectivity index is 1.73. The topological polar surface area (TPSA) is 32.3 Å². The van der Waals surface area contributed by atoms with E-state index >= 15 is 0 Å². The molecule has 1 aliphatic heterocycles. The first-order valence-corrected chi connectivity index (χ1v) is 8.62. The molecule has 2 aromatic carbocycles. The molecule has 3 nitrogen and oxygen atoms in total. The molecule has 0 radical (unpaired) electrons. The van der Waals surface area contributed by atoms with E-state index < -0.39 is 11.6 Å². The maximum atomic E-state index is 13.7. The Morgan fingerprint density at radius 1 is 1.24 bits per heavy atom. The van der Waals surface area contributed by atoms with Gasteiger partial charge < -0.3 is 10.2 Å². The molecular formula is C19H19ClF2N2O. The molecule has 132 valence electrons. The van der Waals surface area contributed by atoms with Gasteiger partial charge in [-0.05, 0) is 41.8 Å². The number of hydrogen-bond acceptors (Lipinski definition) is 2. The lowest BCUT2D eigenvalue weighted by molar-refractivity contribution is -0.134. The van der Waals surface area contributed by atoms with Crippen LogP contribution < -0.4 is 5.32 Å². The standard InChI is InChI=1S/C19H19ClF2N2O/c20-16-4-2-1-3-15(16)18-12-23-9-10-24(18)19(25)8-5-13-11-14(21)6-7-17(13)22/h1-4,6-7,11,18,23H,5,8-10,12H2. The number of nitrogens with one attached hydrogen (secondary N) is 1. The van der Waals surface area contributed by atoms with E-state index in [9.17, 15) is 13.6 Å². The van der Waals surface area contributed by atoms with E-state index in [1.54, 1.807) is 11.0 Å². The lowest BCUT2D eigenvalue weighted by atomic mass is 10.0. The Hall–Kier alpha value is -1.98. The minimum absolute atomic E-state index is 0.0879. The predicted molar refractivity (Wildman–Crippen MR) is 93.5 cm³/mol. The van der Waals surface area contributed by atoms with Crippen LogP contribution in [0.15, 0.2) is 42.5 Å². The van der Waals surface area contributed by atoms with Crippen molar-refractivity contribution in [3.8, 4) is 0 Å². The number of aryl methyl sites for hydroxylation is 1. The molecule has 1 heterocycles. The molecule has 0 spiro atoms. The lowest BCUT2D eigenvalue weighted by Crippen LogP contribution is -2.48. The molecule has 1 fully saturated rings. The molecule has 1 aliphatic rings. The third-order valence-corrected chi connectivity index (χ3v) is 4.79. The fourth-order valence-electron chi connectivity index (χ4n) is 3.15. The molecule has 0 bridgehead atoms. The predicted octanol–water partition coefficient (Wildman–Crippen LogP) is 3.72. The van der Waals surface area contributed by atoms with E-state index in [2.05, 4.69) is 5.32 Å². The van der Waals surface area contributed by atoms with E-state index in [0.29, 0.717) is 24.7 Å². The van der Waals surface area contributed by atoms with Crippen molar-refractivity contribution in [3.05, 3.63) is 70.2 Å². The van der Waals surface area contributed by atoms with Gasteiger partial charge in [-0.15, -0.1) is 0 Å². The maximum Gasteiger partial charge on any atom is 0.223 e. The molecule has 1 unspecified atom stereocenters. The van der Waals surface area contributed by atoms with Crippen LogP contribution in [0.2, 0.25) is 5.02 Å². The first-order chi connectivity index (χ1) is 12.1. The largest absolute Gasteiger partial charge is 0.333 e. The van der Waals surface area contributed by atoms with E-state index in [-0.39, 0.29) is 30.4 Å². The van der Waals surface area contributed by atoms with Crippen molar-refractivity contribution >= 4 is 17.5 Å². The Morgan fingerprint density at radius 2 is 2.04 bits per heavy atom. The van der Waals surface area contributed by atoms with Gasteiger partial charge in [-0.3, -0.25) is 4.79 Å². The SMILES string of the molecule is O=C(CCc1cc(F)ccc1F)N1CCNCC1c1ccccc1Cl. The van der Waals surface area contributed by atoms with Crippen molar-refractivity contribution in [2.24, 2.45) is 0 Å². The van der Waals surface area contributed by atoms with Gasteiger partial charge >= 0.3 is 0 Å². The number of carbonyl (C=O) groups is 1. The van der Waals surface area contributed by atoms with Crippen LogP contribution in [0.1, 0.15) is 23.6 Å². The quantitative estimate of drug-likeness (QED) is 0.896. The molecule has 1 amide bonds. The van der Waals surface area contributed by atoms with Crippen LogP contribution in [0.5, 0.6) is 0 Å². The minimum Gasteiger partial charge on any atom is -0.333 e. The highest BCUT2D eigenvalue weighted by Gasteiger charge is 2.28. The van der Waals surface area contributed by atoms with Gasteiger partial charge in [-0.25, -0.2) is 8.78 Å². The van der Waals surface area contributed by atoms with Gasteiger partial charge in [0.2, 0.25) is 5.91 Å². The maximum absolute atomic E-state index is 13.7. The van der Waals surface area contributed by atoms with Gasteiger partial charge in [-0.2, -0.15) is 0 Å². The third-order valence-electron chi connectivity index (χ3n) is 4.44. The third kappa shape index (κ3) is 4.17. The van der Waals surface area contributed by atoms with Crippen molar-refractivity contribution in [1.29, 1.82) is 0 Å². The number of halogens is 3. The average Bonchev–Trinajstić information content (AvgIpc) is 2.62. The Morgan fingerprint density at radius 3 is 2.84 bits per heavy atom. The van der Waals surface area contributed by atoms with Crippen LogP contribution in [0.3, 0.4) is 0 Å². The van der Waals surface area contributed by atoms with Gasteiger partial charge in [0.25, 0.3) is 0 Å². The monoisotopic (exact) mass is 364 g/mol. The number of carbonyl (C=O) groups excluding carboxylic acids is 1. The zero-order valence-electron chi connectivity index (χ0n) is 13.6. The summed E-state index contributed by atoms with van der Waals surface area (Å²) >= 11 is 6.28. The Bertz CT molecular complexity index is 769. The zero-order chi connectivity index (χ0) is 17.8. The lowest BCUT2D eigenvalue weighted by Gasteiger charge is -2.37. The highest BCUT2D eigenvalue weighted by atomic mass is 35.5. The normalized spacial score (nSPS) is 17.6. The second kappa shape index (κ2) is 7.93. The highest BCUT2D eigenvalue weighted by Crippen LogP contribution is 2.29. The second-order valence-corrected chi connectivity index (χ2v) is 6.47. The van der Waals surface area contributed by atoms with Crippen molar-refractivity contribution in [3.63, 3.8) is 0 Å². The second-order valence-electron chi connectivity index (χ2n) is 6.06. The molecule has 3 rings (SSSR count). The van der Waals surface area contributed by atoms with Crippen LogP contribution in [-0.4, -0.2) is 30.4 Å². The summed E-state index contributed by atoms with van der Waals surface area (Å²) in [6, 6.07) is 10.6. The van der Waals surface area contributed by atoms with Crippen molar-refractivity contribution in [2.45, 2.75) is 18.9 Å². The first kappa shape index (κ1) is 17.8. The molecule has 1 atom stereocenters. The van der Waals surface area contributed by atoms with Gasteiger partial charge in [0, 0.05) is 31.1 Å². The summed E-state index contributed by atoms with van der Waals surface area (Å²) in [4.78, 5) is 14.5. The summed E-state index contributed by atoms with van der Waals surface area (Å²) in [6.07, 6.45) is 0.295. The van der Waals surface area contributed by atoms with E-state index in [0.717, 1.165) is 23.8 Å².